The molecule has 1 aliphatic carbocycles. The normalized spacial score (nSPS) is 13.8. The van der Waals surface area contributed by atoms with E-state index < -0.39 is 10.0 Å². The minimum Gasteiger partial charge on any atom is -0.495 e. The number of carbonyl (C=O) groups excluding carboxylic acids is 1. The third-order valence-electron chi connectivity index (χ3n) is 4.81. The molecule has 1 N–H and O–H groups in total. The number of benzene rings is 2. The number of nitrogens with one attached hydrogen (secondary N) is 1. The zero-order valence-electron chi connectivity index (χ0n) is 16.9. The fourth-order valence-electron chi connectivity index (χ4n) is 3.08. The highest BCUT2D eigenvalue weighted by Crippen LogP contribution is 2.31. The number of carbonyl (C=O) groups is 1. The maximum Gasteiger partial charge on any atom is 0.254 e. The van der Waals surface area contributed by atoms with Gasteiger partial charge in [-0.25, -0.2) is 17.5 Å². The highest BCUT2D eigenvalue weighted by molar-refractivity contribution is 7.89. The van der Waals surface area contributed by atoms with Gasteiger partial charge < -0.3 is 14.4 Å². The maximum atomic E-state index is 13.2. The lowest BCUT2D eigenvalue weighted by Gasteiger charge is -2.23. The molecule has 2 aromatic carbocycles. The Labute approximate surface area is 175 Å². The summed E-state index contributed by atoms with van der Waals surface area (Å²) in [6.45, 7) is 0.635. The monoisotopic (exact) mass is 436 g/mol. The molecule has 0 bridgehead atoms. The Morgan fingerprint density at radius 3 is 2.47 bits per heavy atom. The van der Waals surface area contributed by atoms with Crippen molar-refractivity contribution in [2.75, 3.05) is 27.4 Å². The third kappa shape index (κ3) is 5.35. The Balaban J connectivity index is 1.87. The van der Waals surface area contributed by atoms with Crippen molar-refractivity contribution in [2.24, 2.45) is 0 Å². The summed E-state index contributed by atoms with van der Waals surface area (Å²) < 4.78 is 51.1. The standard InChI is InChI=1S/C21H25FN2O5S/c1-28-12-11-23-30(26,27)20-13-16(5-10-19(20)29-2)21(25)24(18-8-9-18)14-15-3-6-17(22)7-4-15/h3-7,10,13,18,23H,8-9,11-12,14H2,1-2H3. The predicted octanol–water partition coefficient (Wildman–Crippen LogP) is 2.56. The molecule has 0 radical (unpaired) electrons. The average Bonchev–Trinajstić information content (AvgIpc) is 3.57. The molecule has 1 amide bonds. The molecule has 0 spiro atoms. The van der Waals surface area contributed by atoms with E-state index in [-0.39, 0.29) is 47.1 Å². The van der Waals surface area contributed by atoms with Crippen LogP contribution in [0.4, 0.5) is 4.39 Å². The van der Waals surface area contributed by atoms with E-state index in [2.05, 4.69) is 4.72 Å². The smallest absolute Gasteiger partial charge is 0.254 e. The van der Waals surface area contributed by atoms with Crippen LogP contribution in [-0.2, 0) is 21.3 Å². The summed E-state index contributed by atoms with van der Waals surface area (Å²) in [4.78, 5) is 14.8. The second kappa shape index (κ2) is 9.55. The molecular formula is C21H25FN2O5S. The predicted molar refractivity (Wildman–Crippen MR) is 109 cm³/mol. The third-order valence-corrected chi connectivity index (χ3v) is 6.30. The first-order chi connectivity index (χ1) is 14.4. The zero-order valence-corrected chi connectivity index (χ0v) is 17.7. The van der Waals surface area contributed by atoms with Gasteiger partial charge in [-0.05, 0) is 48.7 Å². The number of hydrogen-bond acceptors (Lipinski definition) is 5. The molecular weight excluding hydrogens is 411 g/mol. The second-order valence-corrected chi connectivity index (χ2v) is 8.78. The number of methoxy groups -OCH3 is 2. The van der Waals surface area contributed by atoms with Gasteiger partial charge >= 0.3 is 0 Å². The van der Waals surface area contributed by atoms with Crippen molar-refractivity contribution in [2.45, 2.75) is 30.3 Å². The summed E-state index contributed by atoms with van der Waals surface area (Å²) in [7, 11) is -1.05. The molecule has 9 heteroatoms. The van der Waals surface area contributed by atoms with Crippen molar-refractivity contribution in [1.29, 1.82) is 0 Å². The SMILES string of the molecule is COCCNS(=O)(=O)c1cc(C(=O)N(Cc2ccc(F)cc2)C2CC2)ccc1OC. The fourth-order valence-corrected chi connectivity index (χ4v) is 4.29. The van der Waals surface area contributed by atoms with Crippen LogP contribution in [0.3, 0.4) is 0 Å². The van der Waals surface area contributed by atoms with Crippen LogP contribution in [0.15, 0.2) is 47.4 Å². The van der Waals surface area contributed by atoms with E-state index >= 15 is 0 Å². The molecule has 3 rings (SSSR count). The van der Waals surface area contributed by atoms with Gasteiger partial charge in [0.25, 0.3) is 5.91 Å². The molecule has 1 aliphatic rings. The van der Waals surface area contributed by atoms with E-state index in [1.165, 1.54) is 38.5 Å². The molecule has 0 atom stereocenters. The lowest BCUT2D eigenvalue weighted by molar-refractivity contribution is 0.0729. The summed E-state index contributed by atoms with van der Waals surface area (Å²) in [6.07, 6.45) is 1.76. The molecule has 2 aromatic rings. The van der Waals surface area contributed by atoms with Gasteiger partial charge in [0.2, 0.25) is 10.0 Å². The van der Waals surface area contributed by atoms with Crippen LogP contribution in [0.1, 0.15) is 28.8 Å². The minimum atomic E-state index is -3.89. The van der Waals surface area contributed by atoms with Crippen LogP contribution >= 0.6 is 0 Å². The average molecular weight is 437 g/mol. The Bertz CT molecular complexity index is 991. The number of sulfonamides is 1. The molecule has 0 saturated heterocycles. The van der Waals surface area contributed by atoms with Gasteiger partial charge in [-0.1, -0.05) is 12.1 Å². The molecule has 0 heterocycles. The van der Waals surface area contributed by atoms with Gasteiger partial charge in [0.05, 0.1) is 13.7 Å². The Morgan fingerprint density at radius 1 is 1.17 bits per heavy atom. The van der Waals surface area contributed by atoms with Crippen molar-refractivity contribution in [3.05, 3.63) is 59.4 Å². The fraction of sp³-hybridized carbons (Fsp3) is 0.381. The summed E-state index contributed by atoms with van der Waals surface area (Å²) in [6, 6.07) is 10.4. The summed E-state index contributed by atoms with van der Waals surface area (Å²) in [5, 5.41) is 0. The molecule has 7 nitrogen and oxygen atoms in total. The van der Waals surface area contributed by atoms with Gasteiger partial charge in [0.1, 0.15) is 16.5 Å². The van der Waals surface area contributed by atoms with E-state index in [1.807, 2.05) is 0 Å². The zero-order chi connectivity index (χ0) is 21.7. The van der Waals surface area contributed by atoms with Crippen LogP contribution in [0.5, 0.6) is 5.75 Å². The Kier molecular flexibility index (Phi) is 7.06. The number of amides is 1. The first-order valence-electron chi connectivity index (χ1n) is 9.58. The summed E-state index contributed by atoms with van der Waals surface area (Å²) in [5.41, 5.74) is 1.05. The molecule has 30 heavy (non-hydrogen) atoms. The molecule has 0 unspecified atom stereocenters. The van der Waals surface area contributed by atoms with Crippen molar-refractivity contribution in [3.8, 4) is 5.75 Å². The largest absolute Gasteiger partial charge is 0.495 e. The topological polar surface area (TPSA) is 84.9 Å². The Morgan fingerprint density at radius 2 is 1.87 bits per heavy atom. The molecule has 0 aromatic heterocycles. The molecule has 162 valence electrons. The van der Waals surface area contributed by atoms with Crippen LogP contribution in [-0.4, -0.2) is 52.6 Å². The van der Waals surface area contributed by atoms with Crippen molar-refractivity contribution >= 4 is 15.9 Å². The van der Waals surface area contributed by atoms with E-state index in [9.17, 15) is 17.6 Å². The van der Waals surface area contributed by atoms with Crippen molar-refractivity contribution in [1.82, 2.24) is 9.62 Å². The van der Waals surface area contributed by atoms with Gasteiger partial charge in [-0.3, -0.25) is 4.79 Å². The molecule has 1 fully saturated rings. The first kappa shape index (κ1) is 22.2. The number of halogens is 1. The van der Waals surface area contributed by atoms with Crippen LogP contribution < -0.4 is 9.46 Å². The number of hydrogen-bond donors (Lipinski definition) is 1. The lowest BCUT2D eigenvalue weighted by atomic mass is 10.1. The summed E-state index contributed by atoms with van der Waals surface area (Å²) >= 11 is 0. The molecule has 0 aliphatic heterocycles. The second-order valence-electron chi connectivity index (χ2n) is 7.05. The number of nitrogens with zero attached hydrogens (tertiary/aromatic N) is 1. The van der Waals surface area contributed by atoms with E-state index in [0.29, 0.717) is 6.54 Å². The number of ether oxygens (including phenoxy) is 2. The van der Waals surface area contributed by atoms with E-state index in [1.54, 1.807) is 23.1 Å². The molecule has 1 saturated carbocycles. The van der Waals surface area contributed by atoms with E-state index in [4.69, 9.17) is 9.47 Å². The van der Waals surface area contributed by atoms with Crippen molar-refractivity contribution in [3.63, 3.8) is 0 Å². The number of rotatable bonds is 10. The van der Waals surface area contributed by atoms with Crippen LogP contribution in [0, 0.1) is 5.82 Å². The van der Waals surface area contributed by atoms with Gasteiger partial charge in [0, 0.05) is 31.8 Å². The maximum absolute atomic E-state index is 13.2. The van der Waals surface area contributed by atoms with Gasteiger partial charge in [-0.2, -0.15) is 0 Å². The van der Waals surface area contributed by atoms with Crippen molar-refractivity contribution < 1.29 is 27.1 Å². The lowest BCUT2D eigenvalue weighted by Crippen LogP contribution is -2.33. The Hall–Kier alpha value is -2.49. The first-order valence-corrected chi connectivity index (χ1v) is 11.1. The van der Waals surface area contributed by atoms with Gasteiger partial charge in [0.15, 0.2) is 0 Å². The van der Waals surface area contributed by atoms with Crippen LogP contribution in [0.2, 0.25) is 0 Å². The van der Waals surface area contributed by atoms with E-state index in [0.717, 1.165) is 18.4 Å². The minimum absolute atomic E-state index is 0.0875. The van der Waals surface area contributed by atoms with Gasteiger partial charge in [-0.15, -0.1) is 0 Å². The highest BCUT2D eigenvalue weighted by Gasteiger charge is 2.34. The summed E-state index contributed by atoms with van der Waals surface area (Å²) in [5.74, 6) is -0.472. The highest BCUT2D eigenvalue weighted by atomic mass is 32.2. The van der Waals surface area contributed by atoms with Crippen LogP contribution in [0.25, 0.3) is 0 Å². The quantitative estimate of drug-likeness (QED) is 0.579.